The van der Waals surface area contributed by atoms with Gasteiger partial charge in [-0.3, -0.25) is 24.2 Å². The van der Waals surface area contributed by atoms with Crippen LogP contribution >= 0.6 is 0 Å². The average Bonchev–Trinajstić information content (AvgIpc) is 3.61. The van der Waals surface area contributed by atoms with Gasteiger partial charge < -0.3 is 29.7 Å². The number of ether oxygens (including phenoxy) is 2. The molecule has 4 rings (SSSR count). The number of nitrogens with zero attached hydrogens (tertiary/aromatic N) is 4. The van der Waals surface area contributed by atoms with Crippen molar-refractivity contribution in [3.63, 3.8) is 0 Å². The Labute approximate surface area is 313 Å². The summed E-state index contributed by atoms with van der Waals surface area (Å²) in [5.41, 5.74) is 8.76. The van der Waals surface area contributed by atoms with Gasteiger partial charge in [0, 0.05) is 41.3 Å². The molecule has 0 aliphatic heterocycles. The second-order valence-electron chi connectivity index (χ2n) is 13.3. The highest BCUT2D eigenvalue weighted by Crippen LogP contribution is 2.23. The van der Waals surface area contributed by atoms with Crippen LogP contribution in [0.4, 0.5) is 4.39 Å². The van der Waals surface area contributed by atoms with Crippen LogP contribution in [-0.4, -0.2) is 78.9 Å². The van der Waals surface area contributed by atoms with Crippen LogP contribution in [0.15, 0.2) is 69.8 Å². The molecular weight excluding hydrogens is 717 g/mol. The van der Waals surface area contributed by atoms with E-state index in [4.69, 9.17) is 20.1 Å². The molecule has 2 unspecified atom stereocenters. The predicted molar refractivity (Wildman–Crippen MR) is 196 cm³/mol. The maximum absolute atomic E-state index is 13.4. The quantitative estimate of drug-likeness (QED) is 0.0322. The Morgan fingerprint density at radius 1 is 1.02 bits per heavy atom. The fourth-order valence-corrected chi connectivity index (χ4v) is 5.19. The van der Waals surface area contributed by atoms with E-state index in [1.165, 1.54) is 36.7 Å². The van der Waals surface area contributed by atoms with Crippen LogP contribution in [0.1, 0.15) is 85.7 Å². The maximum atomic E-state index is 13.4. The van der Waals surface area contributed by atoms with E-state index in [0.717, 1.165) is 11.9 Å². The molecule has 2 aromatic carbocycles. The lowest BCUT2D eigenvalue weighted by Crippen LogP contribution is -2.38. The van der Waals surface area contributed by atoms with Crippen LogP contribution in [0.5, 0.6) is 5.88 Å². The largest absolute Gasteiger partial charge is 0.481 e. The van der Waals surface area contributed by atoms with Crippen molar-refractivity contribution in [1.82, 2.24) is 19.9 Å². The molecule has 55 heavy (non-hydrogen) atoms. The molecule has 0 radical (unpaired) electrons. The van der Waals surface area contributed by atoms with Gasteiger partial charge in [-0.05, 0) is 67.3 Å². The van der Waals surface area contributed by atoms with Gasteiger partial charge in [0.1, 0.15) is 28.6 Å². The SMILES string of the molecule is CC(C)(C)c1[nH]cnc1/C=c1\[nH]c(=O)/c(=C/c2cccc(C(=O)c3ccc(F)cc3)c2)nc1OCOC(=O)CCCC(C=NC(CCC(=O)O)C(=O)O)N=N. The summed E-state index contributed by atoms with van der Waals surface area (Å²) in [5.74, 6) is -4.06. The molecule has 0 amide bonds. The Hall–Kier alpha value is -6.65. The zero-order valence-electron chi connectivity index (χ0n) is 30.2. The second-order valence-corrected chi connectivity index (χ2v) is 13.3. The van der Waals surface area contributed by atoms with E-state index in [0.29, 0.717) is 16.8 Å². The second kappa shape index (κ2) is 18.9. The molecular formula is C38H40FN7O9. The van der Waals surface area contributed by atoms with Crippen molar-refractivity contribution in [2.24, 2.45) is 10.1 Å². The minimum atomic E-state index is -1.31. The van der Waals surface area contributed by atoms with Crippen molar-refractivity contribution in [3.05, 3.63) is 110 Å². The number of hydrogen-bond acceptors (Lipinski definition) is 12. The Bertz CT molecular complexity index is 2240. The van der Waals surface area contributed by atoms with Crippen LogP contribution in [-0.2, 0) is 24.5 Å². The maximum Gasteiger partial charge on any atom is 0.328 e. The summed E-state index contributed by atoms with van der Waals surface area (Å²) in [6.07, 6.45) is 5.29. The lowest BCUT2D eigenvalue weighted by Gasteiger charge is -2.17. The first-order chi connectivity index (χ1) is 26.1. The molecule has 288 valence electrons. The molecule has 0 saturated carbocycles. The molecule has 5 N–H and O–H groups in total. The standard InChI is InChI=1S/C38H40FN7O9/c1-38(2,3)34-28(42-20-43-34)18-30-36(55-21-54-32(49)9-5-8-26(46-40)19-41-27(37(52)53)14-15-31(47)48)45-29(35(51)44-30)17-22-6-4-7-24(16-22)33(50)23-10-12-25(39)13-11-23/h4,6-7,10-13,16-20,26-27,40H,5,8-9,14-15,21H2,1-3H3,(H,42,43)(H,44,51)(H,47,48)(H,52,53)/b29-17-,30-18-,41-19?,46-40?. The summed E-state index contributed by atoms with van der Waals surface area (Å²) >= 11 is 0. The minimum absolute atomic E-state index is 0.0807. The van der Waals surface area contributed by atoms with Crippen LogP contribution in [0.3, 0.4) is 0 Å². The number of carbonyl (C=O) groups excluding carboxylic acids is 2. The van der Waals surface area contributed by atoms with Gasteiger partial charge >= 0.3 is 17.9 Å². The predicted octanol–water partition coefficient (Wildman–Crippen LogP) is 3.66. The number of ketones is 1. The van der Waals surface area contributed by atoms with Crippen molar-refractivity contribution >= 4 is 42.1 Å². The topological polar surface area (TPSA) is 250 Å². The molecule has 16 nitrogen and oxygen atoms in total. The van der Waals surface area contributed by atoms with E-state index < -0.39 is 54.6 Å². The minimum Gasteiger partial charge on any atom is -0.481 e. The van der Waals surface area contributed by atoms with Gasteiger partial charge in [-0.15, -0.1) is 0 Å². The number of aromatic amines is 2. The van der Waals surface area contributed by atoms with Gasteiger partial charge in [-0.2, -0.15) is 5.11 Å². The summed E-state index contributed by atoms with van der Waals surface area (Å²) in [5, 5.41) is 21.5. The summed E-state index contributed by atoms with van der Waals surface area (Å²) in [6.45, 7) is 5.34. The third-order valence-electron chi connectivity index (χ3n) is 8.01. The lowest BCUT2D eigenvalue weighted by atomic mass is 9.90. The van der Waals surface area contributed by atoms with Crippen LogP contribution in [0, 0.1) is 11.3 Å². The number of H-pyrrole nitrogens is 2. The van der Waals surface area contributed by atoms with E-state index in [-0.39, 0.29) is 59.0 Å². The summed E-state index contributed by atoms with van der Waals surface area (Å²) in [6, 6.07) is 9.43. The number of halogens is 1. The lowest BCUT2D eigenvalue weighted by molar-refractivity contribution is -0.150. The third-order valence-corrected chi connectivity index (χ3v) is 8.01. The zero-order valence-corrected chi connectivity index (χ0v) is 30.2. The molecule has 0 aliphatic carbocycles. The van der Waals surface area contributed by atoms with Gasteiger partial charge in [0.25, 0.3) is 5.56 Å². The number of aliphatic carboxylic acids is 2. The molecule has 2 atom stereocenters. The van der Waals surface area contributed by atoms with Crippen LogP contribution < -0.4 is 21.0 Å². The van der Waals surface area contributed by atoms with E-state index in [2.05, 4.69) is 30.0 Å². The highest BCUT2D eigenvalue weighted by molar-refractivity contribution is 6.09. The van der Waals surface area contributed by atoms with Gasteiger partial charge in [0.2, 0.25) is 12.7 Å². The Morgan fingerprint density at radius 2 is 1.76 bits per heavy atom. The number of rotatable bonds is 18. The van der Waals surface area contributed by atoms with Crippen molar-refractivity contribution in [1.29, 1.82) is 5.53 Å². The molecule has 0 spiro atoms. The van der Waals surface area contributed by atoms with Crippen LogP contribution in [0.25, 0.3) is 12.2 Å². The number of aromatic nitrogens is 4. The number of aliphatic imine (C=N–C) groups is 1. The van der Waals surface area contributed by atoms with E-state index in [9.17, 15) is 33.5 Å². The Morgan fingerprint density at radius 3 is 2.44 bits per heavy atom. The van der Waals surface area contributed by atoms with Gasteiger partial charge in [0.05, 0.1) is 12.0 Å². The Balaban J connectivity index is 1.52. The van der Waals surface area contributed by atoms with E-state index in [1.807, 2.05) is 20.8 Å². The number of nitrogens with one attached hydrogen (secondary N) is 3. The van der Waals surface area contributed by atoms with Crippen LogP contribution in [0.2, 0.25) is 0 Å². The van der Waals surface area contributed by atoms with Crippen molar-refractivity contribution < 1.29 is 43.3 Å². The van der Waals surface area contributed by atoms with E-state index in [1.54, 1.807) is 30.3 Å². The number of imidazole rings is 1. The molecule has 4 aromatic rings. The summed E-state index contributed by atoms with van der Waals surface area (Å²) < 4.78 is 24.4. The first-order valence-corrected chi connectivity index (χ1v) is 17.1. The zero-order chi connectivity index (χ0) is 40.1. The first-order valence-electron chi connectivity index (χ1n) is 17.1. The summed E-state index contributed by atoms with van der Waals surface area (Å²) in [7, 11) is 0. The molecule has 17 heteroatoms. The normalized spacial score (nSPS) is 13.4. The molecule has 0 aliphatic rings. The summed E-state index contributed by atoms with van der Waals surface area (Å²) in [4.78, 5) is 79.6. The van der Waals surface area contributed by atoms with Crippen molar-refractivity contribution in [2.45, 2.75) is 70.4 Å². The van der Waals surface area contributed by atoms with Gasteiger partial charge in [0.15, 0.2) is 5.78 Å². The fourth-order valence-electron chi connectivity index (χ4n) is 5.19. The first kappa shape index (κ1) is 41.1. The van der Waals surface area contributed by atoms with Crippen molar-refractivity contribution in [2.75, 3.05) is 6.79 Å². The highest BCUT2D eigenvalue weighted by atomic mass is 19.1. The fraction of sp³-hybridized carbons (Fsp3) is 0.316. The number of esters is 1. The van der Waals surface area contributed by atoms with Crippen molar-refractivity contribution in [3.8, 4) is 5.88 Å². The van der Waals surface area contributed by atoms with Gasteiger partial charge in [-0.1, -0.05) is 39.0 Å². The molecule has 2 heterocycles. The Kier molecular flexibility index (Phi) is 14.1. The van der Waals surface area contributed by atoms with E-state index >= 15 is 0 Å². The van der Waals surface area contributed by atoms with Gasteiger partial charge in [-0.25, -0.2) is 24.7 Å². The molecule has 0 fully saturated rings. The number of benzene rings is 2. The number of carbonyl (C=O) groups is 4. The number of hydrogen-bond donors (Lipinski definition) is 5. The molecule has 0 bridgehead atoms. The number of carboxylic acid groups (broad SMARTS) is 2. The number of carboxylic acids is 2. The molecule has 0 saturated heterocycles. The highest BCUT2D eigenvalue weighted by Gasteiger charge is 2.20. The average molecular weight is 758 g/mol. The smallest absolute Gasteiger partial charge is 0.328 e. The monoisotopic (exact) mass is 757 g/mol. The third kappa shape index (κ3) is 12.2. The molecule has 2 aromatic heterocycles.